The smallest absolute Gasteiger partial charge is 0.246 e. The molecule has 16 heteroatoms. The molecule has 336 valence electrons. The van der Waals surface area contributed by atoms with Crippen molar-refractivity contribution in [2.24, 2.45) is 16.7 Å². The number of para-hydroxylation sites is 1. The predicted octanol–water partition coefficient (Wildman–Crippen LogP) is 5.73. The number of aryl methyl sites for hydroxylation is 1. The number of aliphatic hydroxyl groups excluding tert-OH is 1. The summed E-state index contributed by atoms with van der Waals surface area (Å²) in [5.41, 5.74) is 13.3. The number of carbonyl (C=O) groups is 3. The van der Waals surface area contributed by atoms with Crippen molar-refractivity contribution in [3.05, 3.63) is 83.8 Å². The first kappa shape index (κ1) is 43.5. The second-order valence-electron chi connectivity index (χ2n) is 19.6. The molecule has 2 aromatic carbocycles. The number of carbonyl (C=O) groups excluding carboxylic acids is 3. The van der Waals surface area contributed by atoms with Crippen molar-refractivity contribution in [3.63, 3.8) is 0 Å². The lowest BCUT2D eigenvalue weighted by molar-refractivity contribution is -0.150. The van der Waals surface area contributed by atoms with E-state index in [4.69, 9.17) is 10.8 Å². The molecule has 0 bridgehead atoms. The molecule has 3 amide bonds. The number of nitrogens with two attached hydrogens (primary N) is 1. The molecule has 5 aromatic rings. The van der Waals surface area contributed by atoms with Crippen LogP contribution in [0.5, 0.6) is 5.75 Å². The summed E-state index contributed by atoms with van der Waals surface area (Å²) in [5.74, 6) is -0.502. The molecule has 1 spiro atoms. The third-order valence-electron chi connectivity index (χ3n) is 14.1. The Morgan fingerprint density at radius 2 is 1.69 bits per heavy atom. The van der Waals surface area contributed by atoms with Crippen LogP contribution in [0.15, 0.2) is 72.5 Å². The average Bonchev–Trinajstić information content (AvgIpc) is 4.01. The molecule has 3 aromatic heterocycles. The fraction of sp³-hybridized carbons (Fsp3) is 0.479. The summed E-state index contributed by atoms with van der Waals surface area (Å²) in [6, 6.07) is 15.9. The van der Waals surface area contributed by atoms with E-state index in [0.29, 0.717) is 23.1 Å². The number of nitrogens with zero attached hydrogens (tertiary/aromatic N) is 7. The molecule has 4 aliphatic rings. The van der Waals surface area contributed by atoms with Crippen molar-refractivity contribution in [2.45, 2.75) is 109 Å². The third-order valence-corrected chi connectivity index (χ3v) is 15.0. The fourth-order valence-corrected chi connectivity index (χ4v) is 11.2. The normalized spacial score (nSPS) is 24.2. The molecule has 4 fully saturated rings. The molecule has 64 heavy (non-hydrogen) atoms. The Bertz CT molecular complexity index is 2510. The Morgan fingerprint density at radius 1 is 0.953 bits per heavy atom. The summed E-state index contributed by atoms with van der Waals surface area (Å²) in [4.78, 5) is 51.1. The zero-order chi connectivity index (χ0) is 44.9. The van der Waals surface area contributed by atoms with Crippen molar-refractivity contribution in [1.29, 1.82) is 0 Å². The number of hydrogen-bond acceptors (Lipinski definition) is 12. The zero-order valence-corrected chi connectivity index (χ0v) is 37.7. The van der Waals surface area contributed by atoms with E-state index >= 15 is 0 Å². The highest BCUT2D eigenvalue weighted by Crippen LogP contribution is 2.60. The Morgan fingerprint density at radius 3 is 2.38 bits per heavy atom. The highest BCUT2D eigenvalue weighted by molar-refractivity contribution is 7.13. The van der Waals surface area contributed by atoms with Crippen LogP contribution in [0, 0.1) is 23.7 Å². The zero-order valence-electron chi connectivity index (χ0n) is 36.9. The van der Waals surface area contributed by atoms with E-state index < -0.39 is 23.6 Å². The highest BCUT2D eigenvalue weighted by atomic mass is 32.1. The van der Waals surface area contributed by atoms with E-state index in [0.717, 1.165) is 84.4 Å². The number of phenols is 1. The fourth-order valence-electron chi connectivity index (χ4n) is 10.4. The number of nitrogen functional groups attached to an aromatic ring is 1. The van der Waals surface area contributed by atoms with Crippen LogP contribution >= 0.6 is 11.3 Å². The number of hydrogen-bond donors (Lipinski definition) is 5. The van der Waals surface area contributed by atoms with Gasteiger partial charge in [0.05, 0.1) is 40.1 Å². The molecule has 9 rings (SSSR count). The maximum atomic E-state index is 14.2. The van der Waals surface area contributed by atoms with Gasteiger partial charge < -0.3 is 36.4 Å². The number of anilines is 1. The number of thiazole rings is 1. The van der Waals surface area contributed by atoms with Crippen LogP contribution in [0.4, 0.5) is 5.82 Å². The molecule has 2 aliphatic carbocycles. The maximum Gasteiger partial charge on any atom is 0.246 e. The molecule has 15 nitrogen and oxygen atoms in total. The van der Waals surface area contributed by atoms with E-state index in [1.165, 1.54) is 4.90 Å². The van der Waals surface area contributed by atoms with Crippen molar-refractivity contribution in [2.75, 3.05) is 25.4 Å². The van der Waals surface area contributed by atoms with Gasteiger partial charge in [-0.2, -0.15) is 5.10 Å². The standard InChI is InChI=1S/C48H58N10O5S/c1-28-41(64-27-51-28)30-11-9-29(10-12-30)23-50-45(62)39-17-35(59)26-57(39)46(63)42(47(2,3)4)53-44(61)31-19-48(20-31)21-34(22-48)56-15-13-33(14-16-56)58-25-32(24-52-58)37-18-38(54-55-43(37)49)36-7-5-6-8-40(36)60/h5-12,18,24-25,27,31,33-35,39,42,59-60H,13-17,19-23,26H2,1-4H3,(H2,49,55)(H,50,62)(H,53,61)/t31?,34?,35-,39+,42-,48?/m1/s1. The van der Waals surface area contributed by atoms with E-state index in [1.54, 1.807) is 29.5 Å². The number of nitrogens with one attached hydrogen (secondary N) is 2. The van der Waals surface area contributed by atoms with Crippen LogP contribution in [0.1, 0.15) is 83.0 Å². The van der Waals surface area contributed by atoms with Crippen LogP contribution < -0.4 is 16.4 Å². The molecule has 0 radical (unpaired) electrons. The summed E-state index contributed by atoms with van der Waals surface area (Å²) in [6.45, 7) is 10.0. The lowest BCUT2D eigenvalue weighted by Crippen LogP contribution is -2.62. The number of β-amino-alcohol motifs (C(OH)–C–C–N with tert-alkyl or cyclic N) is 1. The summed E-state index contributed by atoms with van der Waals surface area (Å²) in [7, 11) is 0. The first-order chi connectivity index (χ1) is 30.6. The first-order valence-electron chi connectivity index (χ1n) is 22.4. The second kappa shape index (κ2) is 17.3. The summed E-state index contributed by atoms with van der Waals surface area (Å²) in [6.07, 6.45) is 8.86. The highest BCUT2D eigenvalue weighted by Gasteiger charge is 2.56. The Balaban J connectivity index is 0.744. The molecular weight excluding hydrogens is 829 g/mol. The lowest BCUT2D eigenvalue weighted by Gasteiger charge is -2.60. The lowest BCUT2D eigenvalue weighted by atomic mass is 9.49. The minimum atomic E-state index is -0.846. The van der Waals surface area contributed by atoms with Crippen molar-refractivity contribution < 1.29 is 24.6 Å². The molecule has 5 heterocycles. The number of benzene rings is 2. The van der Waals surface area contributed by atoms with Crippen molar-refractivity contribution in [1.82, 2.24) is 45.4 Å². The number of likely N-dealkylation sites (tertiary alicyclic amines) is 2. The van der Waals surface area contributed by atoms with Gasteiger partial charge in [-0.05, 0) is 85.6 Å². The largest absolute Gasteiger partial charge is 0.507 e. The average molecular weight is 887 g/mol. The third kappa shape index (κ3) is 8.74. The number of phenolic OH excluding ortho intramolecular Hbond substituents is 1. The van der Waals surface area contributed by atoms with Crippen LogP contribution in [0.2, 0.25) is 0 Å². The van der Waals surface area contributed by atoms with Gasteiger partial charge in [0.2, 0.25) is 17.7 Å². The molecule has 2 saturated carbocycles. The van der Waals surface area contributed by atoms with Crippen LogP contribution in [0.3, 0.4) is 0 Å². The number of aliphatic hydroxyl groups is 1. The number of amides is 3. The van der Waals surface area contributed by atoms with E-state index in [9.17, 15) is 24.6 Å². The van der Waals surface area contributed by atoms with Gasteiger partial charge in [0.1, 0.15) is 17.8 Å². The van der Waals surface area contributed by atoms with E-state index in [1.807, 2.05) is 86.7 Å². The summed E-state index contributed by atoms with van der Waals surface area (Å²) < 4.78 is 2.03. The second-order valence-corrected chi connectivity index (χ2v) is 20.4. The van der Waals surface area contributed by atoms with Crippen LogP contribution in [0.25, 0.3) is 32.8 Å². The van der Waals surface area contributed by atoms with Gasteiger partial charge in [0.15, 0.2) is 5.82 Å². The number of aromatic nitrogens is 5. The molecular formula is C48H58N10O5S. The summed E-state index contributed by atoms with van der Waals surface area (Å²) >= 11 is 1.59. The Labute approximate surface area is 377 Å². The molecule has 3 atom stereocenters. The minimum Gasteiger partial charge on any atom is -0.507 e. The molecule has 0 unspecified atom stereocenters. The van der Waals surface area contributed by atoms with Gasteiger partial charge >= 0.3 is 0 Å². The topological polar surface area (TPSA) is 205 Å². The van der Waals surface area contributed by atoms with Crippen molar-refractivity contribution >= 4 is 34.9 Å². The number of rotatable bonds is 11. The molecule has 2 saturated heterocycles. The predicted molar refractivity (Wildman–Crippen MR) is 244 cm³/mol. The Kier molecular flexibility index (Phi) is 11.8. The maximum absolute atomic E-state index is 14.2. The number of piperidine rings is 1. The van der Waals surface area contributed by atoms with Gasteiger partial charge in [-0.3, -0.25) is 19.1 Å². The van der Waals surface area contributed by atoms with Gasteiger partial charge in [-0.15, -0.1) is 21.5 Å². The van der Waals surface area contributed by atoms with Crippen LogP contribution in [-0.2, 0) is 20.9 Å². The summed E-state index contributed by atoms with van der Waals surface area (Å²) in [5, 5.41) is 40.2. The number of aromatic hydroxyl groups is 1. The van der Waals surface area contributed by atoms with Gasteiger partial charge in [0.25, 0.3) is 0 Å². The van der Waals surface area contributed by atoms with Crippen LogP contribution in [-0.4, -0.2) is 107 Å². The van der Waals surface area contributed by atoms with Crippen molar-refractivity contribution in [3.8, 4) is 38.6 Å². The first-order valence-corrected chi connectivity index (χ1v) is 23.3. The molecule has 6 N–H and O–H groups in total. The van der Waals surface area contributed by atoms with Gasteiger partial charge in [0, 0.05) is 67.4 Å². The van der Waals surface area contributed by atoms with E-state index in [2.05, 4.69) is 30.7 Å². The van der Waals surface area contributed by atoms with Gasteiger partial charge in [-0.25, -0.2) is 4.98 Å². The minimum absolute atomic E-state index is 0.0393. The molecule has 2 aliphatic heterocycles. The quantitative estimate of drug-likeness (QED) is 0.108. The van der Waals surface area contributed by atoms with E-state index in [-0.39, 0.29) is 60.4 Å². The SMILES string of the molecule is Cc1ncsc1-c1ccc(CNC(=O)[C@@H]2C[C@@H](O)CN2C(=O)[C@@H](NC(=O)C2CC3(C2)CC(N2CCC(n4cc(-c5cc(-c6ccccc6O)nnc5N)cn4)CC2)C3)C(C)(C)C)cc1. The van der Waals surface area contributed by atoms with Gasteiger partial charge in [-0.1, -0.05) is 57.2 Å². The Hall–Kier alpha value is -5.71. The monoisotopic (exact) mass is 886 g/mol.